The lowest BCUT2D eigenvalue weighted by Gasteiger charge is -2.11. The van der Waals surface area contributed by atoms with Gasteiger partial charge >= 0.3 is 0 Å². The topological polar surface area (TPSA) is 89.9 Å². The summed E-state index contributed by atoms with van der Waals surface area (Å²) in [6, 6.07) is 17.3. The highest BCUT2D eigenvalue weighted by Crippen LogP contribution is 2.32. The lowest BCUT2D eigenvalue weighted by Crippen LogP contribution is -2.13. The van der Waals surface area contributed by atoms with Crippen molar-refractivity contribution in [2.24, 2.45) is 0 Å². The average molecular weight is 454 g/mol. The van der Waals surface area contributed by atoms with Gasteiger partial charge in [-0.05, 0) is 19.1 Å². The number of rotatable bonds is 5. The Bertz CT molecular complexity index is 1460. The van der Waals surface area contributed by atoms with E-state index in [2.05, 4.69) is 25.3 Å². The summed E-state index contributed by atoms with van der Waals surface area (Å²) in [5, 5.41) is 3.31. The predicted octanol–water partition coefficient (Wildman–Crippen LogP) is 5.38. The number of aromatic nitrogens is 4. The summed E-state index contributed by atoms with van der Waals surface area (Å²) in [5.41, 5.74) is 5.34. The van der Waals surface area contributed by atoms with Crippen LogP contribution in [-0.4, -0.2) is 33.0 Å². The second-order valence-corrected chi connectivity index (χ2v) is 8.32. The van der Waals surface area contributed by atoms with Gasteiger partial charge < -0.3 is 4.74 Å². The molecule has 0 spiro atoms. The third-order valence-corrected chi connectivity index (χ3v) is 6.01. The summed E-state index contributed by atoms with van der Waals surface area (Å²) in [5.74, 6) is 0.368. The molecule has 8 heteroatoms. The Labute approximate surface area is 194 Å². The zero-order valence-electron chi connectivity index (χ0n) is 17.9. The number of nitrogens with zero attached hydrogens (tertiary/aromatic N) is 4. The number of amides is 1. The Kier molecular flexibility index (Phi) is 5.50. The summed E-state index contributed by atoms with van der Waals surface area (Å²) in [6.07, 6.45) is 4.94. The van der Waals surface area contributed by atoms with E-state index in [-0.39, 0.29) is 5.91 Å². The summed E-state index contributed by atoms with van der Waals surface area (Å²) in [6.45, 7) is 2.04. The Morgan fingerprint density at radius 2 is 1.79 bits per heavy atom. The minimum absolute atomic E-state index is 0.295. The van der Waals surface area contributed by atoms with Crippen molar-refractivity contribution in [1.29, 1.82) is 0 Å². The van der Waals surface area contributed by atoms with E-state index in [1.165, 1.54) is 16.9 Å². The van der Waals surface area contributed by atoms with Gasteiger partial charge in [-0.15, -0.1) is 0 Å². The second-order valence-electron chi connectivity index (χ2n) is 7.34. The molecular formula is C25H19N5O2S. The number of pyridine rings is 1. The summed E-state index contributed by atoms with van der Waals surface area (Å²) >= 11 is 1.28. The first-order valence-corrected chi connectivity index (χ1v) is 11.0. The molecule has 5 rings (SSSR count). The molecule has 0 aliphatic rings. The monoisotopic (exact) mass is 453 g/mol. The molecule has 0 saturated heterocycles. The van der Waals surface area contributed by atoms with Crippen LogP contribution in [0.5, 0.6) is 5.75 Å². The molecule has 5 aromatic rings. The van der Waals surface area contributed by atoms with Gasteiger partial charge in [0.05, 0.1) is 24.6 Å². The van der Waals surface area contributed by atoms with E-state index in [1.807, 2.05) is 55.5 Å². The highest BCUT2D eigenvalue weighted by atomic mass is 32.1. The summed E-state index contributed by atoms with van der Waals surface area (Å²) < 4.78 is 5.46. The molecule has 0 atom stereocenters. The van der Waals surface area contributed by atoms with Crippen LogP contribution in [0.1, 0.15) is 15.9 Å². The fourth-order valence-corrected chi connectivity index (χ4v) is 4.27. The van der Waals surface area contributed by atoms with Gasteiger partial charge in [-0.2, -0.15) is 4.98 Å². The highest BCUT2D eigenvalue weighted by Gasteiger charge is 2.18. The molecule has 0 fully saturated rings. The number of fused-ring (bicyclic) bond motifs is 1. The van der Waals surface area contributed by atoms with Gasteiger partial charge in [-0.1, -0.05) is 59.4 Å². The van der Waals surface area contributed by atoms with E-state index >= 15 is 0 Å². The van der Waals surface area contributed by atoms with Crippen molar-refractivity contribution in [2.75, 3.05) is 12.4 Å². The predicted molar refractivity (Wildman–Crippen MR) is 130 cm³/mol. The van der Waals surface area contributed by atoms with Crippen molar-refractivity contribution in [1.82, 2.24) is 19.9 Å². The molecule has 2 aromatic carbocycles. The lowest BCUT2D eigenvalue weighted by molar-refractivity contribution is 0.102. The molecule has 33 heavy (non-hydrogen) atoms. The molecule has 162 valence electrons. The molecule has 0 aliphatic carbocycles. The van der Waals surface area contributed by atoms with Crippen molar-refractivity contribution in [3.05, 3.63) is 84.3 Å². The van der Waals surface area contributed by atoms with Crippen LogP contribution >= 0.6 is 11.3 Å². The zero-order chi connectivity index (χ0) is 22.8. The van der Waals surface area contributed by atoms with E-state index in [1.54, 1.807) is 31.8 Å². The van der Waals surface area contributed by atoms with Crippen molar-refractivity contribution in [3.63, 3.8) is 0 Å². The molecule has 3 aromatic heterocycles. The molecule has 0 saturated carbocycles. The van der Waals surface area contributed by atoms with Crippen LogP contribution in [-0.2, 0) is 0 Å². The number of aryl methyl sites for hydroxylation is 1. The largest absolute Gasteiger partial charge is 0.496 e. The normalized spacial score (nSPS) is 10.8. The number of anilines is 1. The van der Waals surface area contributed by atoms with Crippen molar-refractivity contribution < 1.29 is 9.53 Å². The van der Waals surface area contributed by atoms with E-state index in [4.69, 9.17) is 4.74 Å². The first kappa shape index (κ1) is 20.7. The maximum Gasteiger partial charge on any atom is 0.258 e. The number of nitrogens with one attached hydrogen (secondary N) is 1. The van der Waals surface area contributed by atoms with Gasteiger partial charge in [0, 0.05) is 29.1 Å². The van der Waals surface area contributed by atoms with Crippen molar-refractivity contribution in [2.45, 2.75) is 6.92 Å². The number of hydrogen-bond donors (Lipinski definition) is 1. The maximum absolute atomic E-state index is 13.2. The molecule has 0 bridgehead atoms. The molecular weight excluding hydrogens is 434 g/mol. The molecule has 1 amide bonds. The van der Waals surface area contributed by atoms with Crippen LogP contribution in [0.3, 0.4) is 0 Å². The second kappa shape index (κ2) is 8.76. The fourth-order valence-electron chi connectivity index (χ4n) is 3.48. The number of carbonyl (C=O) groups excluding carboxylic acids is 1. The van der Waals surface area contributed by atoms with Gasteiger partial charge in [-0.25, -0.2) is 9.97 Å². The van der Waals surface area contributed by atoms with E-state index in [0.29, 0.717) is 32.5 Å². The zero-order valence-corrected chi connectivity index (χ0v) is 18.8. The minimum Gasteiger partial charge on any atom is -0.496 e. The third kappa shape index (κ3) is 4.16. The lowest BCUT2D eigenvalue weighted by atomic mass is 10.0. The van der Waals surface area contributed by atoms with Gasteiger partial charge in [0.1, 0.15) is 5.75 Å². The SMILES string of the molecule is COc1ccccc1-c1cnccc1C(=O)Nc1nc2ncc(-c3ccc(C)cc3)nc2s1. The summed E-state index contributed by atoms with van der Waals surface area (Å²) in [4.78, 5) is 31.5. The Balaban J connectivity index is 1.45. The van der Waals surface area contributed by atoms with Crippen LogP contribution in [0.2, 0.25) is 0 Å². The average Bonchev–Trinajstić information content (AvgIpc) is 3.26. The maximum atomic E-state index is 13.2. The molecule has 0 unspecified atom stereocenters. The number of carbonyl (C=O) groups is 1. The Hall–Kier alpha value is -4.17. The number of benzene rings is 2. The van der Waals surface area contributed by atoms with Gasteiger partial charge in [-0.3, -0.25) is 15.1 Å². The fraction of sp³-hybridized carbons (Fsp3) is 0.0800. The first-order chi connectivity index (χ1) is 16.1. The standard InChI is InChI=1S/C25H19N5O2S/c1-15-7-9-16(10-8-15)20-14-27-22-24(28-20)33-25(29-22)30-23(31)18-11-12-26-13-19(18)17-5-3-4-6-21(17)32-2/h3-14H,1-2H3,(H,27,29,30,31). The van der Waals surface area contributed by atoms with Crippen LogP contribution in [0.25, 0.3) is 32.9 Å². The molecule has 3 heterocycles. The van der Waals surface area contributed by atoms with E-state index in [9.17, 15) is 4.79 Å². The van der Waals surface area contributed by atoms with E-state index in [0.717, 1.165) is 16.8 Å². The third-order valence-electron chi connectivity index (χ3n) is 5.15. The number of para-hydroxylation sites is 1. The molecule has 0 aliphatic heterocycles. The Morgan fingerprint density at radius 1 is 0.970 bits per heavy atom. The van der Waals surface area contributed by atoms with Crippen molar-refractivity contribution in [3.8, 4) is 28.1 Å². The molecule has 7 nitrogen and oxygen atoms in total. The smallest absolute Gasteiger partial charge is 0.258 e. The molecule has 0 radical (unpaired) electrons. The highest BCUT2D eigenvalue weighted by molar-refractivity contribution is 7.21. The van der Waals surface area contributed by atoms with Crippen LogP contribution in [0, 0.1) is 6.92 Å². The number of hydrogen-bond acceptors (Lipinski definition) is 7. The first-order valence-electron chi connectivity index (χ1n) is 10.2. The summed E-state index contributed by atoms with van der Waals surface area (Å²) in [7, 11) is 1.60. The number of ether oxygens (including phenoxy) is 1. The van der Waals surface area contributed by atoms with Crippen LogP contribution in [0.4, 0.5) is 5.13 Å². The molecule has 1 N–H and O–H groups in total. The quantitative estimate of drug-likeness (QED) is 0.384. The van der Waals surface area contributed by atoms with Gasteiger partial charge in [0.25, 0.3) is 5.91 Å². The minimum atomic E-state index is -0.295. The van der Waals surface area contributed by atoms with Crippen LogP contribution < -0.4 is 10.1 Å². The van der Waals surface area contributed by atoms with Crippen LogP contribution in [0.15, 0.2) is 73.2 Å². The number of methoxy groups -OCH3 is 1. The van der Waals surface area contributed by atoms with Crippen molar-refractivity contribution >= 4 is 32.9 Å². The van der Waals surface area contributed by atoms with E-state index < -0.39 is 0 Å². The van der Waals surface area contributed by atoms with Gasteiger partial charge in [0.2, 0.25) is 0 Å². The van der Waals surface area contributed by atoms with Gasteiger partial charge in [0.15, 0.2) is 15.6 Å². The number of thiazole rings is 1. The Morgan fingerprint density at radius 3 is 2.61 bits per heavy atom.